The Labute approximate surface area is 125 Å². The van der Waals surface area contributed by atoms with Gasteiger partial charge in [0.15, 0.2) is 8.68 Å². The summed E-state index contributed by atoms with van der Waals surface area (Å²) >= 11 is 6.65. The van der Waals surface area contributed by atoms with Gasteiger partial charge in [-0.3, -0.25) is 4.68 Å². The molecule has 2 aromatic heterocycles. The van der Waals surface area contributed by atoms with Crippen molar-refractivity contribution in [1.82, 2.24) is 19.5 Å². The van der Waals surface area contributed by atoms with Crippen LogP contribution >= 0.6 is 22.9 Å². The lowest BCUT2D eigenvalue weighted by molar-refractivity contribution is 0.499. The fourth-order valence-corrected chi connectivity index (χ4v) is 5.00. The summed E-state index contributed by atoms with van der Waals surface area (Å²) in [6.07, 6.45) is 5.65. The molecule has 0 saturated heterocycles. The maximum absolute atomic E-state index is 12.3. The summed E-state index contributed by atoms with van der Waals surface area (Å²) in [6, 6.07) is -0.238. The van der Waals surface area contributed by atoms with Crippen LogP contribution in [0.2, 0.25) is 4.47 Å². The first-order chi connectivity index (χ1) is 9.47. The van der Waals surface area contributed by atoms with Gasteiger partial charge >= 0.3 is 0 Å². The van der Waals surface area contributed by atoms with Crippen molar-refractivity contribution in [2.24, 2.45) is 7.05 Å². The molecular formula is C11H13ClN4O2S2. The summed E-state index contributed by atoms with van der Waals surface area (Å²) in [6.45, 7) is 0. The third-order valence-electron chi connectivity index (χ3n) is 3.39. The molecule has 1 aliphatic carbocycles. The molecule has 9 heteroatoms. The predicted octanol–water partition coefficient (Wildman–Crippen LogP) is 1.89. The van der Waals surface area contributed by atoms with Crippen LogP contribution in [0.3, 0.4) is 0 Å². The molecule has 0 amide bonds. The van der Waals surface area contributed by atoms with Crippen molar-refractivity contribution < 1.29 is 8.42 Å². The number of hydrogen-bond donors (Lipinski definition) is 1. The third-order valence-corrected chi connectivity index (χ3v) is 6.44. The van der Waals surface area contributed by atoms with Gasteiger partial charge in [-0.25, -0.2) is 18.1 Å². The Hall–Kier alpha value is -0.960. The molecule has 0 saturated carbocycles. The van der Waals surface area contributed by atoms with E-state index in [2.05, 4.69) is 14.8 Å². The quantitative estimate of drug-likeness (QED) is 0.931. The number of nitrogens with zero attached hydrogens (tertiary/aromatic N) is 3. The molecule has 1 atom stereocenters. The first-order valence-corrected chi connectivity index (χ1v) is 8.79. The lowest BCUT2D eigenvalue weighted by Gasteiger charge is -2.23. The lowest BCUT2D eigenvalue weighted by atomic mass is 9.94. The molecule has 6 nitrogen and oxygen atoms in total. The minimum absolute atomic E-state index is 0.138. The summed E-state index contributed by atoms with van der Waals surface area (Å²) in [5.41, 5.74) is 2.05. The summed E-state index contributed by atoms with van der Waals surface area (Å²) in [7, 11) is -1.71. The number of sulfonamides is 1. The molecule has 0 aromatic carbocycles. The largest absolute Gasteiger partial charge is 0.272 e. The average molecular weight is 333 g/mol. The molecule has 20 heavy (non-hydrogen) atoms. The Morgan fingerprint density at radius 1 is 1.50 bits per heavy atom. The monoisotopic (exact) mass is 332 g/mol. The number of fused-ring (bicyclic) bond motifs is 1. The van der Waals surface area contributed by atoms with Gasteiger partial charge in [0.1, 0.15) is 0 Å². The number of hydrogen-bond acceptors (Lipinski definition) is 5. The maximum atomic E-state index is 12.3. The zero-order chi connectivity index (χ0) is 14.3. The number of nitrogens with one attached hydrogen (secondary N) is 1. The smallest absolute Gasteiger partial charge is 0.252 e. The van der Waals surface area contributed by atoms with Gasteiger partial charge in [0.25, 0.3) is 10.0 Å². The van der Waals surface area contributed by atoms with E-state index in [-0.39, 0.29) is 14.7 Å². The van der Waals surface area contributed by atoms with E-state index < -0.39 is 10.0 Å². The minimum atomic E-state index is -3.59. The molecule has 0 aliphatic heterocycles. The topological polar surface area (TPSA) is 76.9 Å². The van der Waals surface area contributed by atoms with E-state index in [1.165, 1.54) is 6.20 Å². The third kappa shape index (κ3) is 2.48. The van der Waals surface area contributed by atoms with Crippen molar-refractivity contribution in [3.05, 3.63) is 28.1 Å². The van der Waals surface area contributed by atoms with Gasteiger partial charge in [0, 0.05) is 18.3 Å². The van der Waals surface area contributed by atoms with Crippen molar-refractivity contribution in [1.29, 1.82) is 0 Å². The van der Waals surface area contributed by atoms with Crippen LogP contribution in [0, 0.1) is 0 Å². The van der Waals surface area contributed by atoms with Crippen molar-refractivity contribution in [2.75, 3.05) is 0 Å². The highest BCUT2D eigenvalue weighted by Gasteiger charge is 2.28. The molecule has 108 valence electrons. The highest BCUT2D eigenvalue weighted by atomic mass is 35.5. The van der Waals surface area contributed by atoms with Crippen LogP contribution in [0.15, 0.2) is 16.6 Å². The van der Waals surface area contributed by atoms with E-state index >= 15 is 0 Å². The van der Waals surface area contributed by atoms with E-state index in [1.807, 2.05) is 7.05 Å². The van der Waals surface area contributed by atoms with E-state index in [9.17, 15) is 8.42 Å². The Balaban J connectivity index is 1.89. The summed E-state index contributed by atoms with van der Waals surface area (Å²) in [5, 5.41) is 4.21. The van der Waals surface area contributed by atoms with Crippen LogP contribution in [-0.4, -0.2) is 23.2 Å². The molecular weight excluding hydrogens is 320 g/mol. The van der Waals surface area contributed by atoms with Crippen molar-refractivity contribution in [3.63, 3.8) is 0 Å². The molecule has 0 radical (unpaired) electrons. The van der Waals surface area contributed by atoms with Crippen molar-refractivity contribution >= 4 is 33.0 Å². The minimum Gasteiger partial charge on any atom is -0.272 e. The van der Waals surface area contributed by atoms with Crippen LogP contribution in [-0.2, 0) is 23.5 Å². The highest BCUT2D eigenvalue weighted by Crippen LogP contribution is 2.31. The second-order valence-corrected chi connectivity index (χ2v) is 8.22. The highest BCUT2D eigenvalue weighted by molar-refractivity contribution is 7.91. The second-order valence-electron chi connectivity index (χ2n) is 4.67. The summed E-state index contributed by atoms with van der Waals surface area (Å²) < 4.78 is 29.5. The van der Waals surface area contributed by atoms with E-state index in [1.54, 1.807) is 10.9 Å². The van der Waals surface area contributed by atoms with Crippen LogP contribution < -0.4 is 4.72 Å². The lowest BCUT2D eigenvalue weighted by Crippen LogP contribution is -2.30. The van der Waals surface area contributed by atoms with Crippen LogP contribution in [0.1, 0.15) is 30.1 Å². The first kappa shape index (κ1) is 14.0. The molecule has 2 heterocycles. The van der Waals surface area contributed by atoms with Gasteiger partial charge in [-0.1, -0.05) is 22.9 Å². The normalized spacial score (nSPS) is 19.0. The van der Waals surface area contributed by atoms with Gasteiger partial charge < -0.3 is 0 Å². The zero-order valence-corrected chi connectivity index (χ0v) is 13.1. The van der Waals surface area contributed by atoms with E-state index in [4.69, 9.17) is 11.6 Å². The molecule has 3 rings (SSSR count). The molecule has 1 unspecified atom stereocenters. The van der Waals surface area contributed by atoms with Gasteiger partial charge in [0.2, 0.25) is 0 Å². The Bertz CT molecular complexity index is 737. The van der Waals surface area contributed by atoms with Gasteiger partial charge in [-0.15, -0.1) is 0 Å². The standard InChI is InChI=1S/C11H13ClN4O2S2/c1-16-9-4-2-3-8(7(9)5-14-16)15-20(17,18)10-6-13-11(12)19-10/h5-6,8,15H,2-4H2,1H3. The molecule has 2 aromatic rings. The Kier molecular flexibility index (Phi) is 3.57. The average Bonchev–Trinajstić information content (AvgIpc) is 2.98. The predicted molar refractivity (Wildman–Crippen MR) is 76.3 cm³/mol. The fraction of sp³-hybridized carbons (Fsp3) is 0.455. The maximum Gasteiger partial charge on any atom is 0.252 e. The van der Waals surface area contributed by atoms with E-state index in [0.717, 1.165) is 41.9 Å². The number of thiazole rings is 1. The molecule has 0 fully saturated rings. The van der Waals surface area contributed by atoms with Gasteiger partial charge in [0.05, 0.1) is 18.4 Å². The Morgan fingerprint density at radius 2 is 2.30 bits per heavy atom. The van der Waals surface area contributed by atoms with Crippen molar-refractivity contribution in [3.8, 4) is 0 Å². The Morgan fingerprint density at radius 3 is 3.00 bits per heavy atom. The van der Waals surface area contributed by atoms with Crippen molar-refractivity contribution in [2.45, 2.75) is 29.5 Å². The molecule has 0 spiro atoms. The zero-order valence-electron chi connectivity index (χ0n) is 10.7. The number of halogens is 1. The second kappa shape index (κ2) is 5.10. The number of aryl methyl sites for hydroxylation is 1. The molecule has 1 aliphatic rings. The van der Waals surface area contributed by atoms with Gasteiger partial charge in [-0.05, 0) is 19.3 Å². The number of rotatable bonds is 3. The SMILES string of the molecule is Cn1ncc2c1CCCC2NS(=O)(=O)c1cnc(Cl)s1. The fourth-order valence-electron chi connectivity index (χ4n) is 2.44. The van der Waals surface area contributed by atoms with Crippen LogP contribution in [0.25, 0.3) is 0 Å². The molecule has 0 bridgehead atoms. The van der Waals surface area contributed by atoms with Crippen LogP contribution in [0.5, 0.6) is 0 Å². The van der Waals surface area contributed by atoms with Crippen LogP contribution in [0.4, 0.5) is 0 Å². The van der Waals surface area contributed by atoms with Gasteiger partial charge in [-0.2, -0.15) is 5.10 Å². The molecule has 1 N–H and O–H groups in total. The first-order valence-electron chi connectivity index (χ1n) is 6.12. The number of aromatic nitrogens is 3. The summed E-state index contributed by atoms with van der Waals surface area (Å²) in [4.78, 5) is 3.77. The summed E-state index contributed by atoms with van der Waals surface area (Å²) in [5.74, 6) is 0. The van der Waals surface area contributed by atoms with E-state index in [0.29, 0.717) is 0 Å².